The number of carbonyl (C=O) groups excluding carboxylic acids is 1. The normalized spacial score (nSPS) is 14.1. The van der Waals surface area contributed by atoms with Crippen molar-refractivity contribution in [2.45, 2.75) is 82.0 Å². The van der Waals surface area contributed by atoms with Crippen molar-refractivity contribution >= 4 is 17.7 Å². The molecule has 0 radical (unpaired) electrons. The van der Waals surface area contributed by atoms with Crippen molar-refractivity contribution in [3.8, 4) is 0 Å². The zero-order valence-electron chi connectivity index (χ0n) is 18.7. The lowest BCUT2D eigenvalue weighted by Crippen LogP contribution is -2.22. The van der Waals surface area contributed by atoms with Gasteiger partial charge in [0.25, 0.3) is 0 Å². The molecule has 0 aliphatic rings. The number of aliphatic hydroxyl groups excluding tert-OH is 2. The van der Waals surface area contributed by atoms with Gasteiger partial charge in [-0.05, 0) is 36.3 Å². The van der Waals surface area contributed by atoms with Crippen LogP contribution in [0.4, 0.5) is 0 Å². The molecule has 0 heterocycles. The summed E-state index contributed by atoms with van der Waals surface area (Å²) in [5, 5.41) is 19.9. The Hall–Kier alpha value is -1.30. The van der Waals surface area contributed by atoms with E-state index in [0.29, 0.717) is 11.7 Å². The van der Waals surface area contributed by atoms with E-state index < -0.39 is 6.10 Å². The molecule has 0 aromatic heterocycles. The Kier molecular flexibility index (Phi) is 14.6. The lowest BCUT2D eigenvalue weighted by molar-refractivity contribution is -0.140. The highest BCUT2D eigenvalue weighted by molar-refractivity contribution is 7.99. The lowest BCUT2D eigenvalue weighted by Gasteiger charge is -2.27. The number of methoxy groups -OCH3 is 1. The fourth-order valence-electron chi connectivity index (χ4n) is 3.79. The van der Waals surface area contributed by atoms with E-state index in [0.717, 1.165) is 24.8 Å². The molecule has 0 aliphatic heterocycles. The molecular weight excluding hydrogens is 396 g/mol. The van der Waals surface area contributed by atoms with Gasteiger partial charge in [0.2, 0.25) is 0 Å². The molecule has 0 bridgehead atoms. The average molecular weight is 437 g/mol. The van der Waals surface area contributed by atoms with E-state index in [9.17, 15) is 15.0 Å². The maximum atomic E-state index is 11.5. The summed E-state index contributed by atoms with van der Waals surface area (Å²) >= 11 is 1.51. The molecule has 0 aliphatic carbocycles. The number of allylic oxidation sites excluding steroid dienone is 1. The Labute approximate surface area is 187 Å². The van der Waals surface area contributed by atoms with Crippen LogP contribution in [0.2, 0.25) is 0 Å². The van der Waals surface area contributed by atoms with Crippen LogP contribution in [0.3, 0.4) is 0 Å². The molecule has 2 N–H and O–H groups in total. The zero-order chi connectivity index (χ0) is 22.2. The van der Waals surface area contributed by atoms with Crippen molar-refractivity contribution in [2.24, 2.45) is 0 Å². The number of carbonyl (C=O) groups is 1. The van der Waals surface area contributed by atoms with Crippen molar-refractivity contribution in [3.05, 3.63) is 48.0 Å². The van der Waals surface area contributed by atoms with Crippen LogP contribution in [0.5, 0.6) is 0 Å². The van der Waals surface area contributed by atoms with Crippen molar-refractivity contribution in [1.29, 1.82) is 0 Å². The SMILES string of the molecule is C=CCCC(CCCCCCC)c1ccccc1C(SCCC(=O)OC)C(O)CO. The lowest BCUT2D eigenvalue weighted by atomic mass is 9.84. The summed E-state index contributed by atoms with van der Waals surface area (Å²) < 4.78 is 4.73. The molecule has 4 nitrogen and oxygen atoms in total. The molecule has 0 spiro atoms. The Morgan fingerprint density at radius 1 is 1.17 bits per heavy atom. The third-order valence-electron chi connectivity index (χ3n) is 5.49. The average Bonchev–Trinajstić information content (AvgIpc) is 2.78. The van der Waals surface area contributed by atoms with E-state index in [-0.39, 0.29) is 24.2 Å². The monoisotopic (exact) mass is 436 g/mol. The van der Waals surface area contributed by atoms with Crippen LogP contribution in [-0.4, -0.2) is 41.8 Å². The number of unbranched alkanes of at least 4 members (excludes halogenated alkanes) is 4. The highest BCUT2D eigenvalue weighted by Gasteiger charge is 2.26. The van der Waals surface area contributed by atoms with Crippen LogP contribution in [0.25, 0.3) is 0 Å². The Balaban J connectivity index is 3.01. The first-order valence-corrected chi connectivity index (χ1v) is 12.3. The van der Waals surface area contributed by atoms with Crippen molar-refractivity contribution in [1.82, 2.24) is 0 Å². The van der Waals surface area contributed by atoms with Gasteiger partial charge in [-0.1, -0.05) is 69.4 Å². The van der Waals surface area contributed by atoms with Gasteiger partial charge >= 0.3 is 5.97 Å². The largest absolute Gasteiger partial charge is 0.469 e. The fraction of sp³-hybridized carbons (Fsp3) is 0.640. The molecule has 5 heteroatoms. The highest BCUT2D eigenvalue weighted by Crippen LogP contribution is 2.40. The molecule has 30 heavy (non-hydrogen) atoms. The van der Waals surface area contributed by atoms with E-state index in [4.69, 9.17) is 4.74 Å². The van der Waals surface area contributed by atoms with E-state index in [1.54, 1.807) is 0 Å². The topological polar surface area (TPSA) is 66.8 Å². The van der Waals surface area contributed by atoms with Gasteiger partial charge in [-0.2, -0.15) is 11.8 Å². The third-order valence-corrected chi connectivity index (χ3v) is 6.85. The minimum Gasteiger partial charge on any atom is -0.469 e. The quantitative estimate of drug-likeness (QED) is 0.184. The first-order chi connectivity index (χ1) is 14.6. The van der Waals surface area contributed by atoms with Gasteiger partial charge in [-0.25, -0.2) is 0 Å². The van der Waals surface area contributed by atoms with E-state index in [1.807, 2.05) is 12.1 Å². The summed E-state index contributed by atoms with van der Waals surface area (Å²) in [6.07, 6.45) is 10.7. The van der Waals surface area contributed by atoms with Crippen LogP contribution >= 0.6 is 11.8 Å². The van der Waals surface area contributed by atoms with Crippen molar-refractivity contribution < 1.29 is 19.7 Å². The van der Waals surface area contributed by atoms with Crippen LogP contribution in [0.1, 0.15) is 87.0 Å². The maximum Gasteiger partial charge on any atom is 0.306 e. The molecule has 1 aromatic rings. The molecule has 3 atom stereocenters. The van der Waals surface area contributed by atoms with Crippen LogP contribution in [-0.2, 0) is 9.53 Å². The summed E-state index contributed by atoms with van der Waals surface area (Å²) in [7, 11) is 1.38. The second-order valence-corrected chi connectivity index (χ2v) is 9.01. The summed E-state index contributed by atoms with van der Waals surface area (Å²) in [6.45, 7) is 5.81. The smallest absolute Gasteiger partial charge is 0.306 e. The molecule has 0 fully saturated rings. The standard InChI is InChI=1S/C25H40O4S/c1-4-6-8-9-10-14-20(13-7-5-2)21-15-11-12-16-22(21)25(23(27)19-26)30-18-17-24(28)29-3/h5,11-12,15-16,20,23,25-27H,2,4,6-10,13-14,17-19H2,1,3H3. The predicted molar refractivity (Wildman–Crippen MR) is 127 cm³/mol. The summed E-state index contributed by atoms with van der Waals surface area (Å²) in [5.41, 5.74) is 2.31. The van der Waals surface area contributed by atoms with Gasteiger partial charge in [0, 0.05) is 5.75 Å². The zero-order valence-corrected chi connectivity index (χ0v) is 19.5. The van der Waals surface area contributed by atoms with E-state index >= 15 is 0 Å². The number of ether oxygens (including phenoxy) is 1. The number of hydrogen-bond donors (Lipinski definition) is 2. The molecule has 0 amide bonds. The summed E-state index contributed by atoms with van der Waals surface area (Å²) in [5.74, 6) is 0.677. The Morgan fingerprint density at radius 2 is 1.87 bits per heavy atom. The molecule has 170 valence electrons. The maximum absolute atomic E-state index is 11.5. The number of rotatable bonds is 17. The van der Waals surface area contributed by atoms with Crippen LogP contribution in [0, 0.1) is 0 Å². The van der Waals surface area contributed by atoms with Gasteiger partial charge < -0.3 is 14.9 Å². The Morgan fingerprint density at radius 3 is 2.50 bits per heavy atom. The number of esters is 1. The molecule has 0 saturated carbocycles. The molecular formula is C25H40O4S. The minimum atomic E-state index is -0.876. The fourth-order valence-corrected chi connectivity index (χ4v) is 5.03. The van der Waals surface area contributed by atoms with Crippen molar-refractivity contribution in [2.75, 3.05) is 19.5 Å². The number of benzene rings is 1. The first-order valence-electron chi connectivity index (χ1n) is 11.3. The first kappa shape index (κ1) is 26.7. The van der Waals surface area contributed by atoms with Gasteiger partial charge in [0.05, 0.1) is 31.5 Å². The van der Waals surface area contributed by atoms with Gasteiger partial charge in [0.1, 0.15) is 0 Å². The second-order valence-electron chi connectivity index (χ2n) is 7.76. The number of thioether (sulfide) groups is 1. The van der Waals surface area contributed by atoms with Crippen molar-refractivity contribution in [3.63, 3.8) is 0 Å². The molecule has 1 aromatic carbocycles. The molecule has 1 rings (SSSR count). The summed E-state index contributed by atoms with van der Waals surface area (Å²) in [4.78, 5) is 11.5. The van der Waals surface area contributed by atoms with Gasteiger partial charge in [-0.15, -0.1) is 6.58 Å². The van der Waals surface area contributed by atoms with Gasteiger partial charge in [0.15, 0.2) is 0 Å². The molecule has 0 saturated heterocycles. The van der Waals surface area contributed by atoms with E-state index in [1.165, 1.54) is 56.5 Å². The van der Waals surface area contributed by atoms with Crippen LogP contribution in [0.15, 0.2) is 36.9 Å². The number of aliphatic hydroxyl groups is 2. The molecule has 3 unspecified atom stereocenters. The van der Waals surface area contributed by atoms with Gasteiger partial charge in [-0.3, -0.25) is 4.79 Å². The minimum absolute atomic E-state index is 0.260. The summed E-state index contributed by atoms with van der Waals surface area (Å²) in [6, 6.07) is 8.26. The Bertz CT molecular complexity index is 605. The predicted octanol–water partition coefficient (Wildman–Crippen LogP) is 5.79. The number of hydrogen-bond acceptors (Lipinski definition) is 5. The highest BCUT2D eigenvalue weighted by atomic mass is 32.2. The van der Waals surface area contributed by atoms with Crippen LogP contribution < -0.4 is 0 Å². The van der Waals surface area contributed by atoms with E-state index in [2.05, 4.69) is 31.7 Å². The second kappa shape index (κ2) is 16.4. The third kappa shape index (κ3) is 9.67.